The molecular weight excluding hydrogens is 248 g/mol. The molecule has 3 nitrogen and oxygen atoms in total. The van der Waals surface area contributed by atoms with E-state index >= 15 is 0 Å². The molecule has 0 N–H and O–H groups in total. The summed E-state index contributed by atoms with van der Waals surface area (Å²) in [4.78, 5) is 12.6. The molecule has 3 heteroatoms. The van der Waals surface area contributed by atoms with Gasteiger partial charge in [0.1, 0.15) is 5.69 Å². The van der Waals surface area contributed by atoms with Gasteiger partial charge in [-0.3, -0.25) is 9.48 Å². The van der Waals surface area contributed by atoms with E-state index in [1.165, 1.54) is 11.1 Å². The van der Waals surface area contributed by atoms with E-state index in [2.05, 4.69) is 38.0 Å². The third kappa shape index (κ3) is 2.82. The van der Waals surface area contributed by atoms with Crippen LogP contribution < -0.4 is 0 Å². The van der Waals surface area contributed by atoms with Gasteiger partial charge in [0.2, 0.25) is 0 Å². The Hall–Kier alpha value is -1.90. The Labute approximate surface area is 120 Å². The van der Waals surface area contributed by atoms with E-state index in [1.54, 1.807) is 0 Å². The smallest absolute Gasteiger partial charge is 0.185 e. The van der Waals surface area contributed by atoms with E-state index in [-0.39, 0.29) is 5.78 Å². The molecule has 0 amide bonds. The average molecular weight is 270 g/mol. The third-order valence-electron chi connectivity index (χ3n) is 3.76. The van der Waals surface area contributed by atoms with Crippen molar-refractivity contribution in [3.05, 3.63) is 52.3 Å². The summed E-state index contributed by atoms with van der Waals surface area (Å²) in [5.41, 5.74) is 5.20. The van der Waals surface area contributed by atoms with Crippen molar-refractivity contribution in [2.24, 2.45) is 0 Å². The van der Waals surface area contributed by atoms with Crippen molar-refractivity contribution in [2.75, 3.05) is 0 Å². The number of benzene rings is 1. The predicted octanol–water partition coefficient (Wildman–Crippen LogP) is 3.51. The van der Waals surface area contributed by atoms with Crippen LogP contribution in [0.4, 0.5) is 0 Å². The van der Waals surface area contributed by atoms with E-state index in [0.29, 0.717) is 6.42 Å². The van der Waals surface area contributed by atoms with Crippen LogP contribution >= 0.6 is 0 Å². The van der Waals surface area contributed by atoms with Gasteiger partial charge in [-0.05, 0) is 49.9 Å². The van der Waals surface area contributed by atoms with Gasteiger partial charge in [-0.15, -0.1) is 0 Å². The van der Waals surface area contributed by atoms with Crippen molar-refractivity contribution in [3.8, 4) is 0 Å². The summed E-state index contributed by atoms with van der Waals surface area (Å²) in [6.45, 7) is 8.92. The monoisotopic (exact) mass is 270 g/mol. The van der Waals surface area contributed by atoms with Gasteiger partial charge in [0.15, 0.2) is 5.78 Å². The summed E-state index contributed by atoms with van der Waals surface area (Å²) >= 11 is 0. The van der Waals surface area contributed by atoms with Gasteiger partial charge in [0.25, 0.3) is 0 Å². The minimum atomic E-state index is 0.149. The molecule has 106 valence electrons. The van der Waals surface area contributed by atoms with Crippen LogP contribution in [0.2, 0.25) is 0 Å². The fourth-order valence-corrected chi connectivity index (χ4v) is 2.49. The van der Waals surface area contributed by atoms with Crippen molar-refractivity contribution in [1.82, 2.24) is 9.78 Å². The molecule has 0 aliphatic rings. The number of Topliss-reactive ketones (excluding diaryl/α,β-unsaturated/α-hetero) is 1. The van der Waals surface area contributed by atoms with Crippen LogP contribution in [0, 0.1) is 13.8 Å². The Bertz CT molecular complexity index is 606. The molecule has 0 unspecified atom stereocenters. The zero-order valence-electron chi connectivity index (χ0n) is 12.7. The van der Waals surface area contributed by atoms with E-state index < -0.39 is 0 Å². The summed E-state index contributed by atoms with van der Waals surface area (Å²) in [6, 6.07) is 8.08. The summed E-state index contributed by atoms with van der Waals surface area (Å²) in [7, 11) is 0. The highest BCUT2D eigenvalue weighted by atomic mass is 16.1. The fourth-order valence-electron chi connectivity index (χ4n) is 2.49. The Balaban J connectivity index is 2.30. The van der Waals surface area contributed by atoms with Gasteiger partial charge in [-0.25, -0.2) is 0 Å². The SMILES string of the molecule is CCc1cc(C(=O)Cc2c(C)cccc2C)n(CC)n1. The number of hydrogen-bond acceptors (Lipinski definition) is 2. The van der Waals surface area contributed by atoms with Crippen LogP contribution in [0.25, 0.3) is 0 Å². The lowest BCUT2D eigenvalue weighted by atomic mass is 9.97. The molecular formula is C17H22N2O. The first-order valence-corrected chi connectivity index (χ1v) is 7.21. The lowest BCUT2D eigenvalue weighted by Gasteiger charge is -2.09. The second kappa shape index (κ2) is 6.04. The van der Waals surface area contributed by atoms with Crippen molar-refractivity contribution in [2.45, 2.75) is 47.1 Å². The molecule has 1 aromatic carbocycles. The molecule has 0 aliphatic heterocycles. The van der Waals surface area contributed by atoms with E-state index in [0.717, 1.165) is 29.9 Å². The molecule has 0 bridgehead atoms. The largest absolute Gasteiger partial charge is 0.292 e. The molecule has 0 aliphatic carbocycles. The molecule has 1 aromatic heterocycles. The summed E-state index contributed by atoms with van der Waals surface area (Å²) < 4.78 is 1.81. The number of aryl methyl sites for hydroxylation is 4. The summed E-state index contributed by atoms with van der Waals surface area (Å²) in [5.74, 6) is 0.149. The second-order valence-electron chi connectivity index (χ2n) is 5.16. The highest BCUT2D eigenvalue weighted by molar-refractivity contribution is 5.96. The van der Waals surface area contributed by atoms with Crippen LogP contribution in [-0.2, 0) is 19.4 Å². The molecule has 0 saturated carbocycles. The van der Waals surface area contributed by atoms with Crippen molar-refractivity contribution in [1.29, 1.82) is 0 Å². The van der Waals surface area contributed by atoms with Crippen LogP contribution in [0.3, 0.4) is 0 Å². The third-order valence-corrected chi connectivity index (χ3v) is 3.76. The van der Waals surface area contributed by atoms with Gasteiger partial charge in [-0.1, -0.05) is 25.1 Å². The molecule has 2 aromatic rings. The predicted molar refractivity (Wildman–Crippen MR) is 81.2 cm³/mol. The van der Waals surface area contributed by atoms with Crippen LogP contribution in [-0.4, -0.2) is 15.6 Å². The second-order valence-corrected chi connectivity index (χ2v) is 5.16. The number of aromatic nitrogens is 2. The fraction of sp³-hybridized carbons (Fsp3) is 0.412. The number of nitrogens with zero attached hydrogens (tertiary/aromatic N) is 2. The molecule has 0 fully saturated rings. The molecule has 2 rings (SSSR count). The van der Waals surface area contributed by atoms with Gasteiger partial charge in [-0.2, -0.15) is 5.10 Å². The zero-order chi connectivity index (χ0) is 14.7. The Kier molecular flexibility index (Phi) is 4.38. The average Bonchev–Trinajstić information content (AvgIpc) is 2.86. The maximum absolute atomic E-state index is 12.6. The lowest BCUT2D eigenvalue weighted by Crippen LogP contribution is -2.13. The van der Waals surface area contributed by atoms with Crippen molar-refractivity contribution >= 4 is 5.78 Å². The first-order valence-electron chi connectivity index (χ1n) is 7.21. The first-order chi connectivity index (χ1) is 9.56. The highest BCUT2D eigenvalue weighted by Gasteiger charge is 2.16. The lowest BCUT2D eigenvalue weighted by molar-refractivity contribution is 0.0982. The number of ketones is 1. The van der Waals surface area contributed by atoms with Gasteiger partial charge < -0.3 is 0 Å². The Morgan fingerprint density at radius 1 is 1.20 bits per heavy atom. The molecule has 0 saturated heterocycles. The highest BCUT2D eigenvalue weighted by Crippen LogP contribution is 2.17. The normalized spacial score (nSPS) is 10.8. The van der Waals surface area contributed by atoms with E-state index in [9.17, 15) is 4.79 Å². The number of carbonyl (C=O) groups excluding carboxylic acids is 1. The maximum atomic E-state index is 12.6. The van der Waals surface area contributed by atoms with Crippen LogP contribution in [0.5, 0.6) is 0 Å². The molecule has 1 heterocycles. The molecule has 20 heavy (non-hydrogen) atoms. The minimum absolute atomic E-state index is 0.149. The quantitative estimate of drug-likeness (QED) is 0.779. The first kappa shape index (κ1) is 14.5. The molecule has 0 atom stereocenters. The van der Waals surface area contributed by atoms with Gasteiger partial charge in [0.05, 0.1) is 5.69 Å². The van der Waals surface area contributed by atoms with Crippen LogP contribution in [0.1, 0.15) is 46.7 Å². The number of rotatable bonds is 5. The van der Waals surface area contributed by atoms with Crippen LogP contribution in [0.15, 0.2) is 24.3 Å². The van der Waals surface area contributed by atoms with Crippen molar-refractivity contribution < 1.29 is 4.79 Å². The molecule has 0 spiro atoms. The maximum Gasteiger partial charge on any atom is 0.185 e. The topological polar surface area (TPSA) is 34.9 Å². The van der Waals surface area contributed by atoms with E-state index in [1.807, 2.05) is 23.7 Å². The Morgan fingerprint density at radius 2 is 1.85 bits per heavy atom. The standard InChI is InChI=1S/C17H22N2O/c1-5-14-10-16(19(6-2)18-14)17(20)11-15-12(3)8-7-9-13(15)4/h7-10H,5-6,11H2,1-4H3. The molecule has 0 radical (unpaired) electrons. The van der Waals surface area contributed by atoms with Crippen molar-refractivity contribution in [3.63, 3.8) is 0 Å². The zero-order valence-corrected chi connectivity index (χ0v) is 12.7. The van der Waals surface area contributed by atoms with Gasteiger partial charge >= 0.3 is 0 Å². The summed E-state index contributed by atoms with van der Waals surface area (Å²) in [5, 5.41) is 4.45. The van der Waals surface area contributed by atoms with E-state index in [4.69, 9.17) is 0 Å². The number of carbonyl (C=O) groups is 1. The number of hydrogen-bond donors (Lipinski definition) is 0. The summed E-state index contributed by atoms with van der Waals surface area (Å²) in [6.07, 6.45) is 1.31. The minimum Gasteiger partial charge on any atom is -0.292 e. The Morgan fingerprint density at radius 3 is 2.40 bits per heavy atom. The van der Waals surface area contributed by atoms with Gasteiger partial charge in [0, 0.05) is 13.0 Å².